The average Bonchev–Trinajstić information content (AvgIpc) is 2.48. The third kappa shape index (κ3) is 3.76. The summed E-state index contributed by atoms with van der Waals surface area (Å²) in [6, 6.07) is 12.2. The number of benzene rings is 1. The zero-order valence-electron chi connectivity index (χ0n) is 10.8. The van der Waals surface area contributed by atoms with Crippen molar-refractivity contribution in [1.29, 1.82) is 0 Å². The zero-order valence-corrected chi connectivity index (χ0v) is 11.6. The van der Waals surface area contributed by atoms with Gasteiger partial charge in [0.25, 0.3) is 5.91 Å². The minimum Gasteiger partial charge on any atom is -0.497 e. The number of rotatable bonds is 3. The molecule has 1 amide bonds. The molecule has 0 bridgehead atoms. The molecule has 0 fully saturated rings. The fourth-order valence-corrected chi connectivity index (χ4v) is 1.72. The number of ether oxygens (including phenoxy) is 1. The lowest BCUT2D eigenvalue weighted by Gasteiger charge is -2.09. The van der Waals surface area contributed by atoms with Gasteiger partial charge in [0.2, 0.25) is 0 Å². The number of nitrogens with one attached hydrogen (secondary N) is 2. The smallest absolute Gasteiger partial charge is 0.257 e. The molecule has 0 aliphatic rings. The van der Waals surface area contributed by atoms with Crippen LogP contribution >= 0.6 is 12.2 Å². The predicted octanol–water partition coefficient (Wildman–Crippen LogP) is 2.22. The molecule has 0 saturated carbocycles. The number of methoxy groups -OCH3 is 1. The van der Waals surface area contributed by atoms with Crippen LogP contribution in [0.5, 0.6) is 5.75 Å². The van der Waals surface area contributed by atoms with Crippen LogP contribution in [0.4, 0.5) is 5.82 Å². The summed E-state index contributed by atoms with van der Waals surface area (Å²) in [7, 11) is 1.55. The molecule has 0 aliphatic carbocycles. The van der Waals surface area contributed by atoms with Crippen molar-refractivity contribution in [3.63, 3.8) is 0 Å². The molecular formula is C14H13N3O2S. The Bertz CT molecular complexity index is 617. The van der Waals surface area contributed by atoms with E-state index in [-0.39, 0.29) is 11.0 Å². The molecule has 2 aromatic rings. The third-order valence-electron chi connectivity index (χ3n) is 2.47. The molecule has 0 spiro atoms. The number of hydrogen-bond donors (Lipinski definition) is 2. The number of nitrogens with zero attached hydrogens (tertiary/aromatic N) is 1. The Morgan fingerprint density at radius 1 is 1.25 bits per heavy atom. The van der Waals surface area contributed by atoms with Crippen LogP contribution in [0.2, 0.25) is 0 Å². The first-order valence-corrected chi connectivity index (χ1v) is 6.27. The summed E-state index contributed by atoms with van der Waals surface area (Å²) < 4.78 is 5.07. The molecule has 5 nitrogen and oxygen atoms in total. The van der Waals surface area contributed by atoms with Crippen LogP contribution in [0.15, 0.2) is 48.7 Å². The summed E-state index contributed by atoms with van der Waals surface area (Å²) in [5.41, 5.74) is 0.467. The maximum atomic E-state index is 12.0. The van der Waals surface area contributed by atoms with Gasteiger partial charge in [-0.3, -0.25) is 10.1 Å². The van der Waals surface area contributed by atoms with Crippen molar-refractivity contribution in [3.05, 3.63) is 54.2 Å². The number of amides is 1. The van der Waals surface area contributed by atoms with E-state index in [1.807, 2.05) is 6.07 Å². The first-order valence-electron chi connectivity index (χ1n) is 5.86. The number of anilines is 1. The van der Waals surface area contributed by atoms with Gasteiger partial charge in [0.15, 0.2) is 5.11 Å². The molecular weight excluding hydrogens is 274 g/mol. The SMILES string of the molecule is COc1cccc(C(=O)NC(=S)Nc2ccccn2)c1. The maximum Gasteiger partial charge on any atom is 0.257 e. The van der Waals surface area contributed by atoms with Crippen molar-refractivity contribution in [1.82, 2.24) is 10.3 Å². The lowest BCUT2D eigenvalue weighted by atomic mass is 10.2. The summed E-state index contributed by atoms with van der Waals surface area (Å²) in [4.78, 5) is 16.1. The number of aromatic nitrogens is 1. The molecule has 20 heavy (non-hydrogen) atoms. The molecule has 2 N–H and O–H groups in total. The summed E-state index contributed by atoms with van der Waals surface area (Å²) in [6.07, 6.45) is 1.63. The van der Waals surface area contributed by atoms with Gasteiger partial charge in [-0.1, -0.05) is 12.1 Å². The fourth-order valence-electron chi connectivity index (χ4n) is 1.52. The van der Waals surface area contributed by atoms with Gasteiger partial charge >= 0.3 is 0 Å². The van der Waals surface area contributed by atoms with E-state index in [0.29, 0.717) is 17.1 Å². The lowest BCUT2D eigenvalue weighted by molar-refractivity contribution is 0.0977. The van der Waals surface area contributed by atoms with Crippen LogP contribution in [0.3, 0.4) is 0 Å². The molecule has 6 heteroatoms. The van der Waals surface area contributed by atoms with Gasteiger partial charge in [-0.25, -0.2) is 4.98 Å². The highest BCUT2D eigenvalue weighted by molar-refractivity contribution is 7.80. The molecule has 0 radical (unpaired) electrons. The number of pyridine rings is 1. The Morgan fingerprint density at radius 2 is 2.10 bits per heavy atom. The fraction of sp³-hybridized carbons (Fsp3) is 0.0714. The van der Waals surface area contributed by atoms with Crippen LogP contribution in [0.25, 0.3) is 0 Å². The van der Waals surface area contributed by atoms with E-state index in [1.165, 1.54) is 0 Å². The van der Waals surface area contributed by atoms with E-state index in [9.17, 15) is 4.79 Å². The van der Waals surface area contributed by atoms with Gasteiger partial charge in [-0.15, -0.1) is 0 Å². The van der Waals surface area contributed by atoms with Crippen molar-refractivity contribution < 1.29 is 9.53 Å². The van der Waals surface area contributed by atoms with Gasteiger partial charge in [0.1, 0.15) is 11.6 Å². The van der Waals surface area contributed by atoms with Crippen molar-refractivity contribution in [2.45, 2.75) is 0 Å². The first kappa shape index (κ1) is 14.0. The number of thiocarbonyl (C=S) groups is 1. The van der Waals surface area contributed by atoms with Gasteiger partial charge in [0.05, 0.1) is 7.11 Å². The molecule has 0 aliphatic heterocycles. The summed E-state index contributed by atoms with van der Waals surface area (Å²) in [5.74, 6) is 0.877. The van der Waals surface area contributed by atoms with Crippen molar-refractivity contribution in [2.24, 2.45) is 0 Å². The molecule has 0 atom stereocenters. The second-order valence-corrected chi connectivity index (χ2v) is 4.26. The Balaban J connectivity index is 1.98. The van der Waals surface area contributed by atoms with Gasteiger partial charge in [-0.05, 0) is 42.5 Å². The summed E-state index contributed by atoms with van der Waals surface area (Å²) in [6.45, 7) is 0. The minimum absolute atomic E-state index is 0.191. The second kappa shape index (κ2) is 6.63. The lowest BCUT2D eigenvalue weighted by Crippen LogP contribution is -2.34. The van der Waals surface area contributed by atoms with Crippen LogP contribution in [-0.2, 0) is 0 Å². The topological polar surface area (TPSA) is 63.2 Å². The van der Waals surface area contributed by atoms with Crippen molar-refractivity contribution >= 4 is 29.1 Å². The highest BCUT2D eigenvalue weighted by Gasteiger charge is 2.08. The Hall–Kier alpha value is -2.47. The van der Waals surface area contributed by atoms with E-state index < -0.39 is 0 Å². The zero-order chi connectivity index (χ0) is 14.4. The molecule has 102 valence electrons. The molecule has 1 aromatic carbocycles. The van der Waals surface area contributed by atoms with Gasteiger partial charge in [0, 0.05) is 11.8 Å². The molecule has 2 rings (SSSR count). The highest BCUT2D eigenvalue weighted by Crippen LogP contribution is 2.12. The molecule has 0 saturated heterocycles. The average molecular weight is 287 g/mol. The van der Waals surface area contributed by atoms with E-state index in [0.717, 1.165) is 0 Å². The van der Waals surface area contributed by atoms with E-state index in [1.54, 1.807) is 49.7 Å². The second-order valence-electron chi connectivity index (χ2n) is 3.86. The Morgan fingerprint density at radius 3 is 2.80 bits per heavy atom. The first-order chi connectivity index (χ1) is 9.69. The number of hydrogen-bond acceptors (Lipinski definition) is 4. The Labute approximate surface area is 122 Å². The maximum absolute atomic E-state index is 12.0. The third-order valence-corrected chi connectivity index (χ3v) is 2.67. The number of carbonyl (C=O) groups excluding carboxylic acids is 1. The Kier molecular flexibility index (Phi) is 4.62. The monoisotopic (exact) mass is 287 g/mol. The number of carbonyl (C=O) groups is 1. The van der Waals surface area contributed by atoms with E-state index in [4.69, 9.17) is 17.0 Å². The van der Waals surface area contributed by atoms with Gasteiger partial charge < -0.3 is 10.1 Å². The molecule has 0 unspecified atom stereocenters. The van der Waals surface area contributed by atoms with Crippen molar-refractivity contribution in [2.75, 3.05) is 12.4 Å². The van der Waals surface area contributed by atoms with E-state index >= 15 is 0 Å². The summed E-state index contributed by atoms with van der Waals surface area (Å²) in [5, 5.41) is 5.60. The molecule has 1 heterocycles. The molecule has 1 aromatic heterocycles. The van der Waals surface area contributed by atoms with Gasteiger partial charge in [-0.2, -0.15) is 0 Å². The van der Waals surface area contributed by atoms with Crippen LogP contribution in [-0.4, -0.2) is 23.1 Å². The predicted molar refractivity (Wildman–Crippen MR) is 80.9 cm³/mol. The summed E-state index contributed by atoms with van der Waals surface area (Å²) >= 11 is 5.06. The minimum atomic E-state index is -0.308. The van der Waals surface area contributed by atoms with Crippen LogP contribution in [0, 0.1) is 0 Å². The van der Waals surface area contributed by atoms with Crippen LogP contribution < -0.4 is 15.4 Å². The van der Waals surface area contributed by atoms with Crippen LogP contribution in [0.1, 0.15) is 10.4 Å². The van der Waals surface area contributed by atoms with Crippen molar-refractivity contribution in [3.8, 4) is 5.75 Å². The largest absolute Gasteiger partial charge is 0.497 e. The normalized spacial score (nSPS) is 9.65. The highest BCUT2D eigenvalue weighted by atomic mass is 32.1. The quantitative estimate of drug-likeness (QED) is 0.848. The van der Waals surface area contributed by atoms with E-state index in [2.05, 4.69) is 15.6 Å². The standard InChI is InChI=1S/C14H13N3O2S/c1-19-11-6-4-5-10(9-11)13(18)17-14(20)16-12-7-2-3-8-15-12/h2-9H,1H3,(H2,15,16,17,18,20).